The first kappa shape index (κ1) is 15.6. The molecule has 4 heteroatoms. The summed E-state index contributed by atoms with van der Waals surface area (Å²) in [6.45, 7) is 5.65. The largest absolute Gasteiger partial charge is 0.383 e. The van der Waals surface area contributed by atoms with Gasteiger partial charge >= 0.3 is 0 Å². The molecule has 2 rings (SSSR count). The van der Waals surface area contributed by atoms with Crippen molar-refractivity contribution in [2.24, 2.45) is 0 Å². The second-order valence-corrected chi connectivity index (χ2v) is 5.27. The quantitative estimate of drug-likeness (QED) is 0.754. The Kier molecular flexibility index (Phi) is 5.81. The lowest BCUT2D eigenvalue weighted by Crippen LogP contribution is -2.11. The van der Waals surface area contributed by atoms with Gasteiger partial charge in [-0.3, -0.25) is 4.57 Å². The number of nitrogens with zero attached hydrogens (tertiary/aromatic N) is 2. The Labute approximate surface area is 127 Å². The Morgan fingerprint density at radius 3 is 2.67 bits per heavy atom. The third kappa shape index (κ3) is 4.33. The van der Waals surface area contributed by atoms with Crippen LogP contribution in [0.25, 0.3) is 5.69 Å². The molecule has 0 aliphatic carbocycles. The Balaban J connectivity index is 2.13. The van der Waals surface area contributed by atoms with Gasteiger partial charge in [0.15, 0.2) is 0 Å². The van der Waals surface area contributed by atoms with Crippen LogP contribution < -0.4 is 5.32 Å². The highest BCUT2D eigenvalue weighted by molar-refractivity contribution is 5.44. The van der Waals surface area contributed by atoms with E-state index in [4.69, 9.17) is 4.74 Å². The number of rotatable bonds is 8. The first-order valence-corrected chi connectivity index (χ1v) is 7.62. The SMILES string of the molecule is CCCCc1ccc(-n2cc(C)nc2NCCOC)cc1. The fraction of sp³-hybridized carbons (Fsp3) is 0.471. The van der Waals surface area contributed by atoms with E-state index in [2.05, 4.69) is 52.3 Å². The summed E-state index contributed by atoms with van der Waals surface area (Å²) < 4.78 is 7.16. The number of methoxy groups -OCH3 is 1. The van der Waals surface area contributed by atoms with E-state index >= 15 is 0 Å². The number of hydrogen-bond acceptors (Lipinski definition) is 3. The van der Waals surface area contributed by atoms with Crippen molar-refractivity contribution in [3.63, 3.8) is 0 Å². The van der Waals surface area contributed by atoms with E-state index in [9.17, 15) is 0 Å². The highest BCUT2D eigenvalue weighted by atomic mass is 16.5. The van der Waals surface area contributed by atoms with Gasteiger partial charge in [0.2, 0.25) is 5.95 Å². The van der Waals surface area contributed by atoms with Crippen LogP contribution in [0.3, 0.4) is 0 Å². The topological polar surface area (TPSA) is 39.1 Å². The number of unbranched alkanes of at least 4 members (excludes halogenated alkanes) is 1. The van der Waals surface area contributed by atoms with Crippen LogP contribution in [0.2, 0.25) is 0 Å². The molecule has 0 saturated heterocycles. The minimum absolute atomic E-state index is 0.669. The van der Waals surface area contributed by atoms with E-state index < -0.39 is 0 Å². The van der Waals surface area contributed by atoms with Crippen LogP contribution in [0.1, 0.15) is 31.0 Å². The molecule has 0 saturated carbocycles. The van der Waals surface area contributed by atoms with Gasteiger partial charge in [0.05, 0.1) is 12.3 Å². The number of ether oxygens (including phenoxy) is 1. The predicted molar refractivity (Wildman–Crippen MR) is 87.3 cm³/mol. The molecule has 1 heterocycles. The van der Waals surface area contributed by atoms with Crippen LogP contribution in [-0.4, -0.2) is 29.8 Å². The van der Waals surface area contributed by atoms with Crippen molar-refractivity contribution >= 4 is 5.95 Å². The molecule has 1 aromatic heterocycles. The number of imidazole rings is 1. The van der Waals surface area contributed by atoms with Gasteiger partial charge in [0.25, 0.3) is 0 Å². The van der Waals surface area contributed by atoms with Crippen LogP contribution in [0.15, 0.2) is 30.5 Å². The Morgan fingerprint density at radius 1 is 1.24 bits per heavy atom. The van der Waals surface area contributed by atoms with Crippen LogP contribution in [0.5, 0.6) is 0 Å². The highest BCUT2D eigenvalue weighted by Gasteiger charge is 2.07. The molecule has 0 aliphatic heterocycles. The van der Waals surface area contributed by atoms with Crippen molar-refractivity contribution in [3.8, 4) is 5.69 Å². The molecule has 0 unspecified atom stereocenters. The molecule has 21 heavy (non-hydrogen) atoms. The zero-order chi connectivity index (χ0) is 15.1. The van der Waals surface area contributed by atoms with Gasteiger partial charge in [-0.05, 0) is 37.5 Å². The highest BCUT2D eigenvalue weighted by Crippen LogP contribution is 2.18. The van der Waals surface area contributed by atoms with Crippen LogP contribution >= 0.6 is 0 Å². The third-order valence-corrected chi connectivity index (χ3v) is 3.45. The molecular weight excluding hydrogens is 262 g/mol. The molecule has 4 nitrogen and oxygen atoms in total. The maximum Gasteiger partial charge on any atom is 0.207 e. The van der Waals surface area contributed by atoms with Crippen molar-refractivity contribution in [1.82, 2.24) is 9.55 Å². The molecule has 1 aromatic carbocycles. The molecule has 0 bridgehead atoms. The lowest BCUT2D eigenvalue weighted by Gasteiger charge is -2.10. The number of hydrogen-bond donors (Lipinski definition) is 1. The number of aryl methyl sites for hydroxylation is 2. The second kappa shape index (κ2) is 7.84. The zero-order valence-electron chi connectivity index (χ0n) is 13.2. The minimum atomic E-state index is 0.669. The van der Waals surface area contributed by atoms with E-state index in [1.807, 2.05) is 6.92 Å². The Morgan fingerprint density at radius 2 is 2.00 bits per heavy atom. The number of anilines is 1. The smallest absolute Gasteiger partial charge is 0.207 e. The summed E-state index contributed by atoms with van der Waals surface area (Å²) in [5, 5.41) is 3.31. The van der Waals surface area contributed by atoms with Gasteiger partial charge in [-0.1, -0.05) is 25.5 Å². The molecule has 0 fully saturated rings. The normalized spacial score (nSPS) is 10.8. The third-order valence-electron chi connectivity index (χ3n) is 3.45. The van der Waals surface area contributed by atoms with E-state index in [0.29, 0.717) is 6.61 Å². The summed E-state index contributed by atoms with van der Waals surface area (Å²) in [7, 11) is 1.70. The van der Waals surface area contributed by atoms with Crippen molar-refractivity contribution in [3.05, 3.63) is 41.7 Å². The van der Waals surface area contributed by atoms with Gasteiger partial charge in [-0.2, -0.15) is 0 Å². The van der Waals surface area contributed by atoms with Crippen molar-refractivity contribution in [2.45, 2.75) is 33.1 Å². The van der Waals surface area contributed by atoms with Crippen molar-refractivity contribution < 1.29 is 4.74 Å². The zero-order valence-corrected chi connectivity index (χ0v) is 13.2. The summed E-state index contributed by atoms with van der Waals surface area (Å²) in [6, 6.07) is 8.74. The standard InChI is InChI=1S/C17H25N3O/c1-4-5-6-15-7-9-16(10-8-15)20-13-14(2)19-17(20)18-11-12-21-3/h7-10,13H,4-6,11-12H2,1-3H3,(H,18,19). The Hall–Kier alpha value is -1.81. The summed E-state index contributed by atoms with van der Waals surface area (Å²) in [5.41, 5.74) is 3.53. The molecule has 114 valence electrons. The van der Waals surface area contributed by atoms with Gasteiger partial charge in [0, 0.05) is 25.5 Å². The monoisotopic (exact) mass is 287 g/mol. The average Bonchev–Trinajstić information content (AvgIpc) is 2.87. The predicted octanol–water partition coefficient (Wildman–Crippen LogP) is 3.58. The minimum Gasteiger partial charge on any atom is -0.383 e. The van der Waals surface area contributed by atoms with Crippen LogP contribution in [0.4, 0.5) is 5.95 Å². The second-order valence-electron chi connectivity index (χ2n) is 5.27. The fourth-order valence-electron chi connectivity index (χ4n) is 2.29. The number of benzene rings is 1. The van der Waals surface area contributed by atoms with Gasteiger partial charge < -0.3 is 10.1 Å². The first-order valence-electron chi connectivity index (χ1n) is 7.62. The van der Waals surface area contributed by atoms with Gasteiger partial charge in [-0.15, -0.1) is 0 Å². The van der Waals surface area contributed by atoms with Gasteiger partial charge in [0.1, 0.15) is 0 Å². The molecule has 0 atom stereocenters. The fourth-order valence-corrected chi connectivity index (χ4v) is 2.29. The molecule has 0 radical (unpaired) electrons. The maximum atomic E-state index is 5.07. The van der Waals surface area contributed by atoms with E-state index in [-0.39, 0.29) is 0 Å². The molecule has 0 amide bonds. The molecule has 2 aromatic rings. The molecule has 0 aliphatic rings. The lowest BCUT2D eigenvalue weighted by molar-refractivity contribution is 0.210. The van der Waals surface area contributed by atoms with Crippen molar-refractivity contribution in [1.29, 1.82) is 0 Å². The summed E-state index contributed by atoms with van der Waals surface area (Å²) in [4.78, 5) is 4.53. The van der Waals surface area contributed by atoms with E-state index in [1.165, 1.54) is 18.4 Å². The number of nitrogens with one attached hydrogen (secondary N) is 1. The van der Waals surface area contributed by atoms with E-state index in [1.54, 1.807) is 7.11 Å². The average molecular weight is 287 g/mol. The van der Waals surface area contributed by atoms with Crippen LogP contribution in [-0.2, 0) is 11.2 Å². The Bertz CT molecular complexity index is 546. The van der Waals surface area contributed by atoms with Crippen LogP contribution in [0, 0.1) is 6.92 Å². The lowest BCUT2D eigenvalue weighted by atomic mass is 10.1. The number of aromatic nitrogens is 2. The molecule has 1 N–H and O–H groups in total. The molecule has 0 spiro atoms. The summed E-state index contributed by atoms with van der Waals surface area (Å²) >= 11 is 0. The first-order chi connectivity index (χ1) is 10.2. The summed E-state index contributed by atoms with van der Waals surface area (Å²) in [5.74, 6) is 0.867. The maximum absolute atomic E-state index is 5.07. The molecular formula is C17H25N3O. The van der Waals surface area contributed by atoms with E-state index in [0.717, 1.165) is 30.3 Å². The summed E-state index contributed by atoms with van der Waals surface area (Å²) in [6.07, 6.45) is 5.68. The van der Waals surface area contributed by atoms with Gasteiger partial charge in [-0.25, -0.2) is 4.98 Å². The van der Waals surface area contributed by atoms with Crippen molar-refractivity contribution in [2.75, 3.05) is 25.6 Å².